The third kappa shape index (κ3) is 3.45. The van der Waals surface area contributed by atoms with Crippen molar-refractivity contribution in [1.82, 2.24) is 19.9 Å². The number of nitrogens with one attached hydrogen (secondary N) is 1. The third-order valence-corrected chi connectivity index (χ3v) is 3.89. The molecule has 0 radical (unpaired) electrons. The smallest absolute Gasteiger partial charge is 0.159 e. The van der Waals surface area contributed by atoms with E-state index in [-0.39, 0.29) is 5.82 Å². The molecule has 4 rings (SSSR count). The Bertz CT molecular complexity index is 978. The van der Waals surface area contributed by atoms with Gasteiger partial charge in [-0.25, -0.2) is 19.3 Å². The predicted molar refractivity (Wildman–Crippen MR) is 94.3 cm³/mol. The molecule has 0 fully saturated rings. The highest BCUT2D eigenvalue weighted by molar-refractivity contribution is 5.60. The second-order valence-electron chi connectivity index (χ2n) is 5.71. The Morgan fingerprint density at radius 3 is 2.36 bits per heavy atom. The molecular formula is C20H15FN4. The zero-order chi connectivity index (χ0) is 17.1. The van der Waals surface area contributed by atoms with E-state index < -0.39 is 0 Å². The minimum atomic E-state index is -0.302. The largest absolute Gasteiger partial charge is 0.342 e. The summed E-state index contributed by atoms with van der Waals surface area (Å²) in [6.45, 7) is 0. The van der Waals surface area contributed by atoms with Gasteiger partial charge < -0.3 is 4.98 Å². The fraction of sp³-hybridized carbons (Fsp3) is 0.0500. The molecule has 0 amide bonds. The third-order valence-electron chi connectivity index (χ3n) is 3.89. The number of imidazole rings is 1. The summed E-state index contributed by atoms with van der Waals surface area (Å²) in [6, 6.07) is 16.4. The van der Waals surface area contributed by atoms with Gasteiger partial charge in [0.2, 0.25) is 0 Å². The highest BCUT2D eigenvalue weighted by Gasteiger charge is 2.07. The molecule has 0 unspecified atom stereocenters. The van der Waals surface area contributed by atoms with E-state index in [1.807, 2.05) is 18.2 Å². The van der Waals surface area contributed by atoms with Crippen molar-refractivity contribution in [3.05, 3.63) is 90.4 Å². The van der Waals surface area contributed by atoms with Gasteiger partial charge in [-0.05, 0) is 17.7 Å². The average Bonchev–Trinajstić information content (AvgIpc) is 3.11. The molecule has 2 aromatic heterocycles. The number of aromatic amines is 1. The van der Waals surface area contributed by atoms with Crippen molar-refractivity contribution in [2.75, 3.05) is 0 Å². The Morgan fingerprint density at radius 2 is 1.60 bits per heavy atom. The Kier molecular flexibility index (Phi) is 4.04. The first kappa shape index (κ1) is 15.2. The van der Waals surface area contributed by atoms with Crippen molar-refractivity contribution < 1.29 is 4.39 Å². The second-order valence-corrected chi connectivity index (χ2v) is 5.71. The summed E-state index contributed by atoms with van der Waals surface area (Å²) >= 11 is 0. The van der Waals surface area contributed by atoms with Crippen molar-refractivity contribution in [3.63, 3.8) is 0 Å². The topological polar surface area (TPSA) is 54.5 Å². The first-order valence-corrected chi connectivity index (χ1v) is 7.94. The molecule has 122 valence electrons. The zero-order valence-corrected chi connectivity index (χ0v) is 13.4. The SMILES string of the molecule is Fc1cccc(-c2ncc(-c3cnc(Cc4ccccc4)[nH]3)cn2)c1. The van der Waals surface area contributed by atoms with Crippen LogP contribution in [0.25, 0.3) is 22.6 Å². The van der Waals surface area contributed by atoms with Gasteiger partial charge in [-0.15, -0.1) is 0 Å². The molecule has 0 spiro atoms. The lowest BCUT2D eigenvalue weighted by Crippen LogP contribution is -1.92. The van der Waals surface area contributed by atoms with Crippen LogP contribution in [0.5, 0.6) is 0 Å². The standard InChI is InChI=1S/C20H15FN4/c21-17-8-4-7-15(10-17)20-23-11-16(12-24-20)18-13-22-19(25-18)9-14-5-2-1-3-6-14/h1-8,10-13H,9H2,(H,22,25). The van der Waals surface area contributed by atoms with Crippen LogP contribution in [-0.4, -0.2) is 19.9 Å². The van der Waals surface area contributed by atoms with Crippen molar-refractivity contribution in [2.45, 2.75) is 6.42 Å². The Balaban J connectivity index is 1.54. The molecular weight excluding hydrogens is 315 g/mol. The van der Waals surface area contributed by atoms with Crippen molar-refractivity contribution in [3.8, 4) is 22.6 Å². The molecule has 4 nitrogen and oxygen atoms in total. The van der Waals surface area contributed by atoms with Crippen molar-refractivity contribution >= 4 is 0 Å². The normalized spacial score (nSPS) is 10.8. The van der Waals surface area contributed by atoms with E-state index in [0.717, 1.165) is 23.5 Å². The molecule has 0 aliphatic rings. The van der Waals surface area contributed by atoms with Crippen LogP contribution in [0.2, 0.25) is 0 Å². The molecule has 0 atom stereocenters. The molecule has 2 aromatic carbocycles. The van der Waals surface area contributed by atoms with Gasteiger partial charge in [-0.1, -0.05) is 42.5 Å². The van der Waals surface area contributed by atoms with Crippen LogP contribution in [0.1, 0.15) is 11.4 Å². The highest BCUT2D eigenvalue weighted by Crippen LogP contribution is 2.20. The summed E-state index contributed by atoms with van der Waals surface area (Å²) in [5.74, 6) is 1.08. The van der Waals surface area contributed by atoms with Gasteiger partial charge in [-0.3, -0.25) is 0 Å². The summed E-state index contributed by atoms with van der Waals surface area (Å²) < 4.78 is 13.3. The summed E-state index contributed by atoms with van der Waals surface area (Å²) in [4.78, 5) is 16.4. The summed E-state index contributed by atoms with van der Waals surface area (Å²) in [7, 11) is 0. The molecule has 0 bridgehead atoms. The van der Waals surface area contributed by atoms with Crippen LogP contribution in [-0.2, 0) is 6.42 Å². The monoisotopic (exact) mass is 330 g/mol. The number of benzene rings is 2. The van der Waals surface area contributed by atoms with Crippen LogP contribution in [0.3, 0.4) is 0 Å². The second kappa shape index (κ2) is 6.65. The molecule has 0 saturated carbocycles. The molecule has 1 N–H and O–H groups in total. The maximum atomic E-state index is 13.3. The van der Waals surface area contributed by atoms with Crippen LogP contribution >= 0.6 is 0 Å². The maximum Gasteiger partial charge on any atom is 0.159 e. The van der Waals surface area contributed by atoms with Crippen LogP contribution in [0, 0.1) is 5.82 Å². The quantitative estimate of drug-likeness (QED) is 0.608. The fourth-order valence-electron chi connectivity index (χ4n) is 2.63. The van der Waals surface area contributed by atoms with Gasteiger partial charge >= 0.3 is 0 Å². The molecule has 5 heteroatoms. The lowest BCUT2D eigenvalue weighted by molar-refractivity contribution is 0.628. The number of aromatic nitrogens is 4. The summed E-state index contributed by atoms with van der Waals surface area (Å²) in [5.41, 5.74) is 3.55. The van der Waals surface area contributed by atoms with Crippen LogP contribution < -0.4 is 0 Å². The average molecular weight is 330 g/mol. The van der Waals surface area contributed by atoms with E-state index in [0.29, 0.717) is 11.4 Å². The number of nitrogens with zero attached hydrogens (tertiary/aromatic N) is 3. The van der Waals surface area contributed by atoms with Gasteiger partial charge in [0.05, 0.1) is 11.9 Å². The minimum absolute atomic E-state index is 0.302. The van der Waals surface area contributed by atoms with E-state index in [1.165, 1.54) is 17.7 Å². The maximum absolute atomic E-state index is 13.3. The van der Waals surface area contributed by atoms with Crippen LogP contribution in [0.4, 0.5) is 4.39 Å². The van der Waals surface area contributed by atoms with E-state index in [9.17, 15) is 4.39 Å². The summed E-state index contributed by atoms with van der Waals surface area (Å²) in [5, 5.41) is 0. The Labute approximate surface area is 144 Å². The molecule has 0 aliphatic heterocycles. The number of rotatable bonds is 4. The number of halogens is 1. The van der Waals surface area contributed by atoms with E-state index >= 15 is 0 Å². The van der Waals surface area contributed by atoms with E-state index in [2.05, 4.69) is 32.1 Å². The lowest BCUT2D eigenvalue weighted by atomic mass is 10.1. The number of H-pyrrole nitrogens is 1. The summed E-state index contributed by atoms with van der Waals surface area (Å²) in [6.07, 6.45) is 5.95. The molecule has 2 heterocycles. The minimum Gasteiger partial charge on any atom is -0.342 e. The van der Waals surface area contributed by atoms with Gasteiger partial charge in [-0.2, -0.15) is 0 Å². The van der Waals surface area contributed by atoms with Gasteiger partial charge in [0.15, 0.2) is 5.82 Å². The Hall–Kier alpha value is -3.34. The van der Waals surface area contributed by atoms with Gasteiger partial charge in [0, 0.05) is 29.9 Å². The number of hydrogen-bond acceptors (Lipinski definition) is 3. The highest BCUT2D eigenvalue weighted by atomic mass is 19.1. The number of hydrogen-bond donors (Lipinski definition) is 1. The van der Waals surface area contributed by atoms with Gasteiger partial charge in [0.1, 0.15) is 11.6 Å². The first-order chi connectivity index (χ1) is 12.3. The molecule has 0 saturated heterocycles. The Morgan fingerprint density at radius 1 is 0.800 bits per heavy atom. The van der Waals surface area contributed by atoms with E-state index in [4.69, 9.17) is 0 Å². The first-order valence-electron chi connectivity index (χ1n) is 7.94. The fourth-order valence-corrected chi connectivity index (χ4v) is 2.63. The molecule has 4 aromatic rings. The van der Waals surface area contributed by atoms with Crippen molar-refractivity contribution in [2.24, 2.45) is 0 Å². The van der Waals surface area contributed by atoms with Gasteiger partial charge in [0.25, 0.3) is 0 Å². The predicted octanol–water partition coefficient (Wildman–Crippen LogP) is 4.26. The van der Waals surface area contributed by atoms with Crippen molar-refractivity contribution in [1.29, 1.82) is 0 Å². The molecule has 0 aliphatic carbocycles. The zero-order valence-electron chi connectivity index (χ0n) is 13.4. The van der Waals surface area contributed by atoms with Crippen LogP contribution in [0.15, 0.2) is 73.2 Å². The van der Waals surface area contributed by atoms with E-state index in [1.54, 1.807) is 30.7 Å². The lowest BCUT2D eigenvalue weighted by Gasteiger charge is -2.02. The molecule has 25 heavy (non-hydrogen) atoms.